The Morgan fingerprint density at radius 2 is 0.936 bits per heavy atom. The van der Waals surface area contributed by atoms with Gasteiger partial charge in [-0.3, -0.25) is 5.32 Å². The number of unbranched alkanes of at least 4 members (excludes halogenated alkanes) is 18. The zero-order chi connectivity index (χ0) is 33.9. The minimum Gasteiger partial charge on any atom is -0.353 e. The SMILES string of the molecule is CCCCC/C=C\C/C=C\CCCCCCCCC(CCCCCCCC/C=C\C/C=C\CCCCC)CNC1OC1CCN(C)C. The van der Waals surface area contributed by atoms with Gasteiger partial charge in [-0.15, -0.1) is 0 Å². The van der Waals surface area contributed by atoms with Crippen molar-refractivity contribution < 1.29 is 4.74 Å². The highest BCUT2D eigenvalue weighted by atomic mass is 16.6. The molecule has 1 N–H and O–H groups in total. The number of allylic oxidation sites excluding steroid dienone is 8. The summed E-state index contributed by atoms with van der Waals surface area (Å²) in [4.78, 5) is 2.26. The fourth-order valence-electron chi connectivity index (χ4n) is 6.40. The molecule has 0 amide bonds. The summed E-state index contributed by atoms with van der Waals surface area (Å²) in [6.07, 6.45) is 55.6. The molecule has 0 spiro atoms. The molecule has 0 aliphatic carbocycles. The smallest absolute Gasteiger partial charge is 0.135 e. The molecule has 2 atom stereocenters. The molecule has 3 heteroatoms. The first-order valence-corrected chi connectivity index (χ1v) is 20.8. The van der Waals surface area contributed by atoms with Crippen molar-refractivity contribution in [3.05, 3.63) is 48.6 Å². The lowest BCUT2D eigenvalue weighted by Gasteiger charge is -2.17. The first kappa shape index (κ1) is 43.9. The summed E-state index contributed by atoms with van der Waals surface area (Å²) in [5.74, 6) is 0.811. The maximum atomic E-state index is 5.93. The average Bonchev–Trinajstić information content (AvgIpc) is 3.83. The molecule has 0 aromatic carbocycles. The highest BCUT2D eigenvalue weighted by molar-refractivity contribution is 4.93. The highest BCUT2D eigenvalue weighted by Gasteiger charge is 2.38. The van der Waals surface area contributed by atoms with Crippen LogP contribution in [-0.4, -0.2) is 44.4 Å². The van der Waals surface area contributed by atoms with Crippen LogP contribution in [0.4, 0.5) is 0 Å². The molecule has 1 rings (SSSR count). The number of hydrogen-bond donors (Lipinski definition) is 1. The van der Waals surface area contributed by atoms with E-state index >= 15 is 0 Å². The zero-order valence-electron chi connectivity index (χ0n) is 32.2. The maximum Gasteiger partial charge on any atom is 0.135 e. The summed E-state index contributed by atoms with van der Waals surface area (Å²) in [7, 11) is 4.31. The number of nitrogens with one attached hydrogen (secondary N) is 1. The molecule has 0 radical (unpaired) electrons. The van der Waals surface area contributed by atoms with Crippen molar-refractivity contribution in [2.75, 3.05) is 27.2 Å². The van der Waals surface area contributed by atoms with Crippen molar-refractivity contribution in [1.29, 1.82) is 0 Å². The van der Waals surface area contributed by atoms with Gasteiger partial charge in [-0.25, -0.2) is 0 Å². The van der Waals surface area contributed by atoms with Crippen LogP contribution in [0.15, 0.2) is 48.6 Å². The van der Waals surface area contributed by atoms with Gasteiger partial charge in [0.1, 0.15) is 12.3 Å². The minimum absolute atomic E-state index is 0.309. The van der Waals surface area contributed by atoms with Gasteiger partial charge in [0.15, 0.2) is 0 Å². The van der Waals surface area contributed by atoms with Crippen molar-refractivity contribution >= 4 is 0 Å². The monoisotopic (exact) mass is 655 g/mol. The zero-order valence-corrected chi connectivity index (χ0v) is 32.2. The Hall–Kier alpha value is -1.16. The van der Waals surface area contributed by atoms with Crippen LogP contribution in [0.1, 0.15) is 187 Å². The van der Waals surface area contributed by atoms with E-state index in [-0.39, 0.29) is 0 Å². The Bertz CT molecular complexity index is 706. The standard InChI is InChI=1S/C44H82N2O/c1-5-7-9-11-13-15-17-19-21-23-25-27-29-31-33-35-37-42(41-45-44-43(47-44)39-40-46(3)4)38-36-34-32-30-28-26-24-22-20-18-16-14-12-10-8-6-2/h13-16,19-22,42-45H,5-12,17-18,23-41H2,1-4H3/b15-13-,16-14-,21-19-,22-20-. The van der Waals surface area contributed by atoms with E-state index in [1.807, 2.05) is 0 Å². The van der Waals surface area contributed by atoms with Gasteiger partial charge in [0, 0.05) is 13.1 Å². The predicted octanol–water partition coefficient (Wildman–Crippen LogP) is 13.3. The fourth-order valence-corrected chi connectivity index (χ4v) is 6.40. The molecule has 0 saturated carbocycles. The van der Waals surface area contributed by atoms with Crippen LogP contribution in [0.2, 0.25) is 0 Å². The highest BCUT2D eigenvalue weighted by Crippen LogP contribution is 2.25. The number of hydrogen-bond acceptors (Lipinski definition) is 3. The van der Waals surface area contributed by atoms with Crippen LogP contribution in [0.5, 0.6) is 0 Å². The van der Waals surface area contributed by atoms with Crippen molar-refractivity contribution in [2.45, 2.75) is 200 Å². The lowest BCUT2D eigenvalue weighted by atomic mass is 9.94. The summed E-state index contributed by atoms with van der Waals surface area (Å²) < 4.78 is 5.93. The molecule has 0 aromatic heterocycles. The Balaban J connectivity index is 2.11. The minimum atomic E-state index is 0.309. The lowest BCUT2D eigenvalue weighted by molar-refractivity contribution is 0.304. The van der Waals surface area contributed by atoms with E-state index in [1.54, 1.807) is 0 Å². The Morgan fingerprint density at radius 3 is 1.36 bits per heavy atom. The molecule has 0 bridgehead atoms. The first-order chi connectivity index (χ1) is 23.2. The van der Waals surface area contributed by atoms with Crippen LogP contribution in [0, 0.1) is 5.92 Å². The fraction of sp³-hybridized carbons (Fsp3) is 0.818. The molecule has 2 unspecified atom stereocenters. The van der Waals surface area contributed by atoms with E-state index in [9.17, 15) is 0 Å². The van der Waals surface area contributed by atoms with E-state index in [1.165, 1.54) is 154 Å². The molecule has 1 saturated heterocycles. The second-order valence-electron chi connectivity index (χ2n) is 14.7. The van der Waals surface area contributed by atoms with Crippen LogP contribution >= 0.6 is 0 Å². The van der Waals surface area contributed by atoms with Crippen molar-refractivity contribution in [3.8, 4) is 0 Å². The Morgan fingerprint density at radius 1 is 0.532 bits per heavy atom. The van der Waals surface area contributed by atoms with Crippen molar-refractivity contribution in [3.63, 3.8) is 0 Å². The van der Waals surface area contributed by atoms with Gasteiger partial charge in [0.25, 0.3) is 0 Å². The number of nitrogens with zero attached hydrogens (tertiary/aromatic N) is 1. The van der Waals surface area contributed by atoms with Gasteiger partial charge >= 0.3 is 0 Å². The molecule has 1 aliphatic rings. The summed E-state index contributed by atoms with van der Waals surface area (Å²) in [5.41, 5.74) is 0. The van der Waals surface area contributed by atoms with Crippen LogP contribution in [-0.2, 0) is 4.74 Å². The molecular formula is C44H82N2O. The quantitative estimate of drug-likeness (QED) is 0.0414. The van der Waals surface area contributed by atoms with Gasteiger partial charge in [0.2, 0.25) is 0 Å². The van der Waals surface area contributed by atoms with E-state index in [0.29, 0.717) is 12.3 Å². The van der Waals surface area contributed by atoms with E-state index in [2.05, 4.69) is 86.8 Å². The third-order valence-electron chi connectivity index (χ3n) is 9.68. The van der Waals surface area contributed by atoms with E-state index in [4.69, 9.17) is 4.74 Å². The van der Waals surface area contributed by atoms with Crippen LogP contribution in [0.25, 0.3) is 0 Å². The maximum absolute atomic E-state index is 5.93. The largest absolute Gasteiger partial charge is 0.353 e. The molecule has 0 aromatic rings. The molecule has 1 heterocycles. The topological polar surface area (TPSA) is 27.8 Å². The van der Waals surface area contributed by atoms with Gasteiger partial charge in [-0.2, -0.15) is 0 Å². The normalized spacial score (nSPS) is 16.9. The molecule has 1 aliphatic heterocycles. The van der Waals surface area contributed by atoms with Gasteiger partial charge in [0.05, 0.1) is 0 Å². The van der Waals surface area contributed by atoms with Gasteiger partial charge in [-0.05, 0) is 103 Å². The van der Waals surface area contributed by atoms with Crippen molar-refractivity contribution in [2.24, 2.45) is 5.92 Å². The molecule has 274 valence electrons. The van der Waals surface area contributed by atoms with Crippen LogP contribution < -0.4 is 5.32 Å². The number of ether oxygens (including phenoxy) is 1. The third-order valence-corrected chi connectivity index (χ3v) is 9.68. The molecular weight excluding hydrogens is 572 g/mol. The summed E-state index contributed by atoms with van der Waals surface area (Å²) >= 11 is 0. The molecule has 47 heavy (non-hydrogen) atoms. The second kappa shape index (κ2) is 34.7. The Kier molecular flexibility index (Phi) is 32.4. The Labute approximate surface area is 295 Å². The van der Waals surface area contributed by atoms with Crippen molar-refractivity contribution in [1.82, 2.24) is 10.2 Å². The van der Waals surface area contributed by atoms with Crippen LogP contribution in [0.3, 0.4) is 0 Å². The summed E-state index contributed by atoms with van der Waals surface area (Å²) in [5, 5.41) is 3.78. The van der Waals surface area contributed by atoms with Gasteiger partial charge in [-0.1, -0.05) is 152 Å². The second-order valence-corrected chi connectivity index (χ2v) is 14.7. The van der Waals surface area contributed by atoms with Gasteiger partial charge < -0.3 is 9.64 Å². The summed E-state index contributed by atoms with van der Waals surface area (Å²) in [6.45, 7) is 6.81. The first-order valence-electron chi connectivity index (χ1n) is 20.8. The predicted molar refractivity (Wildman–Crippen MR) is 211 cm³/mol. The lowest BCUT2D eigenvalue weighted by Crippen LogP contribution is -2.28. The molecule has 3 nitrogen and oxygen atoms in total. The van der Waals surface area contributed by atoms with E-state index in [0.717, 1.165) is 38.3 Å². The number of rotatable bonds is 36. The molecule has 1 fully saturated rings. The number of epoxide rings is 1. The third kappa shape index (κ3) is 31.8. The average molecular weight is 655 g/mol. The summed E-state index contributed by atoms with van der Waals surface area (Å²) in [6, 6.07) is 0. The van der Waals surface area contributed by atoms with E-state index < -0.39 is 0 Å².